The number of rotatable bonds is 3. The molecule has 0 N–H and O–H groups in total. The normalized spacial score (nSPS) is 20.4. The van der Waals surface area contributed by atoms with Crippen molar-refractivity contribution in [1.29, 1.82) is 0 Å². The molecule has 0 spiro atoms. The highest BCUT2D eigenvalue weighted by molar-refractivity contribution is 5.79. The van der Waals surface area contributed by atoms with E-state index in [9.17, 15) is 0 Å². The molecule has 0 saturated carbocycles. The Morgan fingerprint density at radius 1 is 1.19 bits per heavy atom. The average Bonchev–Trinajstić information content (AvgIpc) is 2.24. The van der Waals surface area contributed by atoms with Crippen LogP contribution in [0.15, 0.2) is 4.99 Å². The summed E-state index contributed by atoms with van der Waals surface area (Å²) in [5, 5.41) is 0. The zero-order valence-corrected chi connectivity index (χ0v) is 11.1. The van der Waals surface area contributed by atoms with E-state index in [0.717, 1.165) is 25.5 Å². The molecule has 0 aromatic heterocycles. The lowest BCUT2D eigenvalue weighted by atomic mass is 10.1. The molecule has 0 aromatic carbocycles. The molecular formula is C12H25N3O. The highest BCUT2D eigenvalue weighted by atomic mass is 16.5. The molecule has 4 nitrogen and oxygen atoms in total. The van der Waals surface area contributed by atoms with E-state index >= 15 is 0 Å². The average molecular weight is 227 g/mol. The number of ether oxygens (including phenoxy) is 1. The predicted octanol–water partition coefficient (Wildman–Crippen LogP) is 1.42. The summed E-state index contributed by atoms with van der Waals surface area (Å²) >= 11 is 0. The van der Waals surface area contributed by atoms with Gasteiger partial charge < -0.3 is 14.5 Å². The maximum atomic E-state index is 5.68. The summed E-state index contributed by atoms with van der Waals surface area (Å²) in [6.45, 7) is 1.79. The monoisotopic (exact) mass is 227 g/mol. The van der Waals surface area contributed by atoms with Crippen LogP contribution >= 0.6 is 0 Å². The van der Waals surface area contributed by atoms with E-state index < -0.39 is 0 Å². The van der Waals surface area contributed by atoms with Crippen molar-refractivity contribution in [3.05, 3.63) is 0 Å². The van der Waals surface area contributed by atoms with Gasteiger partial charge in [-0.15, -0.1) is 0 Å². The van der Waals surface area contributed by atoms with Gasteiger partial charge in [0, 0.05) is 41.3 Å². The molecule has 1 aliphatic rings. The SMILES string of the molecule is CN(C)C(=NCCC1CCCCO1)N(C)C. The summed E-state index contributed by atoms with van der Waals surface area (Å²) in [5.74, 6) is 1.02. The number of guanidine groups is 1. The minimum absolute atomic E-state index is 0.433. The van der Waals surface area contributed by atoms with Gasteiger partial charge in [0.25, 0.3) is 0 Å². The molecule has 0 radical (unpaired) electrons. The van der Waals surface area contributed by atoms with Crippen LogP contribution in [0.3, 0.4) is 0 Å². The minimum atomic E-state index is 0.433. The summed E-state index contributed by atoms with van der Waals surface area (Å²) in [6, 6.07) is 0. The van der Waals surface area contributed by atoms with Gasteiger partial charge in [0.15, 0.2) is 5.96 Å². The van der Waals surface area contributed by atoms with Crippen LogP contribution in [0.5, 0.6) is 0 Å². The zero-order valence-electron chi connectivity index (χ0n) is 11.1. The van der Waals surface area contributed by atoms with Crippen LogP contribution in [0.1, 0.15) is 25.7 Å². The molecule has 0 amide bonds. The first-order valence-electron chi connectivity index (χ1n) is 6.12. The van der Waals surface area contributed by atoms with Crippen molar-refractivity contribution in [1.82, 2.24) is 9.80 Å². The Bertz CT molecular complexity index is 210. The molecule has 1 heterocycles. The smallest absolute Gasteiger partial charge is 0.195 e. The quantitative estimate of drug-likeness (QED) is 0.539. The molecule has 0 aliphatic carbocycles. The largest absolute Gasteiger partial charge is 0.378 e. The fourth-order valence-electron chi connectivity index (χ4n) is 2.03. The van der Waals surface area contributed by atoms with Crippen LogP contribution in [0, 0.1) is 0 Å². The second-order valence-electron chi connectivity index (χ2n) is 4.75. The molecular weight excluding hydrogens is 202 g/mol. The Labute approximate surface area is 99.3 Å². The molecule has 1 rings (SSSR count). The molecule has 94 valence electrons. The maximum Gasteiger partial charge on any atom is 0.195 e. The Hall–Kier alpha value is -0.770. The predicted molar refractivity (Wildman–Crippen MR) is 67.9 cm³/mol. The van der Waals surface area contributed by atoms with Gasteiger partial charge >= 0.3 is 0 Å². The first-order chi connectivity index (χ1) is 7.61. The number of hydrogen-bond acceptors (Lipinski definition) is 2. The van der Waals surface area contributed by atoms with E-state index in [2.05, 4.69) is 4.99 Å². The van der Waals surface area contributed by atoms with Gasteiger partial charge in [-0.1, -0.05) is 0 Å². The molecule has 1 atom stereocenters. The molecule has 16 heavy (non-hydrogen) atoms. The number of nitrogens with zero attached hydrogens (tertiary/aromatic N) is 3. The highest BCUT2D eigenvalue weighted by Gasteiger charge is 2.13. The van der Waals surface area contributed by atoms with Crippen LogP contribution in [0.25, 0.3) is 0 Å². The molecule has 1 aliphatic heterocycles. The van der Waals surface area contributed by atoms with E-state index in [-0.39, 0.29) is 0 Å². The van der Waals surface area contributed by atoms with Gasteiger partial charge in [-0.2, -0.15) is 0 Å². The molecule has 1 saturated heterocycles. The van der Waals surface area contributed by atoms with E-state index in [4.69, 9.17) is 4.74 Å². The van der Waals surface area contributed by atoms with Gasteiger partial charge in [0.2, 0.25) is 0 Å². The summed E-state index contributed by atoms with van der Waals surface area (Å²) in [4.78, 5) is 8.69. The third-order valence-electron chi connectivity index (χ3n) is 2.78. The third kappa shape index (κ3) is 4.39. The Morgan fingerprint density at radius 3 is 2.38 bits per heavy atom. The Kier molecular flexibility index (Phi) is 5.60. The Morgan fingerprint density at radius 2 is 1.88 bits per heavy atom. The van der Waals surface area contributed by atoms with Gasteiger partial charge in [0.1, 0.15) is 0 Å². The van der Waals surface area contributed by atoms with Crippen LogP contribution in [-0.2, 0) is 4.74 Å². The summed E-state index contributed by atoms with van der Waals surface area (Å²) in [5.41, 5.74) is 0. The standard InChI is InChI=1S/C12H25N3O/c1-14(2)12(15(3)4)13-9-8-11-7-5-6-10-16-11/h11H,5-10H2,1-4H3. The summed E-state index contributed by atoms with van der Waals surface area (Å²) in [7, 11) is 8.10. The van der Waals surface area contributed by atoms with Crippen molar-refractivity contribution in [3.63, 3.8) is 0 Å². The highest BCUT2D eigenvalue weighted by Crippen LogP contribution is 2.15. The first-order valence-corrected chi connectivity index (χ1v) is 6.12. The zero-order chi connectivity index (χ0) is 12.0. The van der Waals surface area contributed by atoms with Crippen LogP contribution in [0.4, 0.5) is 0 Å². The molecule has 1 unspecified atom stereocenters. The van der Waals surface area contributed by atoms with Gasteiger partial charge in [-0.25, -0.2) is 0 Å². The number of hydrogen-bond donors (Lipinski definition) is 0. The second-order valence-corrected chi connectivity index (χ2v) is 4.75. The molecule has 0 bridgehead atoms. The van der Waals surface area contributed by atoms with Crippen molar-refractivity contribution in [2.24, 2.45) is 4.99 Å². The van der Waals surface area contributed by atoms with Crippen LogP contribution in [0.2, 0.25) is 0 Å². The van der Waals surface area contributed by atoms with Crippen LogP contribution < -0.4 is 0 Å². The van der Waals surface area contributed by atoms with Gasteiger partial charge in [0.05, 0.1) is 6.10 Å². The second kappa shape index (κ2) is 6.74. The van der Waals surface area contributed by atoms with E-state index in [1.54, 1.807) is 0 Å². The minimum Gasteiger partial charge on any atom is -0.378 e. The lowest BCUT2D eigenvalue weighted by Crippen LogP contribution is -2.35. The molecule has 4 heteroatoms. The van der Waals surface area contributed by atoms with Gasteiger partial charge in [-0.3, -0.25) is 4.99 Å². The molecule has 0 aromatic rings. The third-order valence-corrected chi connectivity index (χ3v) is 2.78. The Balaban J connectivity index is 2.32. The van der Waals surface area contributed by atoms with E-state index in [0.29, 0.717) is 6.10 Å². The molecule has 1 fully saturated rings. The maximum absolute atomic E-state index is 5.68. The topological polar surface area (TPSA) is 28.1 Å². The van der Waals surface area contributed by atoms with Crippen LogP contribution in [-0.4, -0.2) is 63.2 Å². The fraction of sp³-hybridized carbons (Fsp3) is 0.917. The lowest BCUT2D eigenvalue weighted by Gasteiger charge is -2.24. The van der Waals surface area contributed by atoms with Crippen molar-refractivity contribution in [3.8, 4) is 0 Å². The van der Waals surface area contributed by atoms with Crippen molar-refractivity contribution < 1.29 is 4.74 Å². The fourth-order valence-corrected chi connectivity index (χ4v) is 2.03. The number of aliphatic imine (C=N–C) groups is 1. The summed E-state index contributed by atoms with van der Waals surface area (Å²) in [6.07, 6.45) is 5.21. The van der Waals surface area contributed by atoms with E-state index in [1.807, 2.05) is 38.0 Å². The lowest BCUT2D eigenvalue weighted by molar-refractivity contribution is 0.0128. The summed E-state index contributed by atoms with van der Waals surface area (Å²) < 4.78 is 5.68. The van der Waals surface area contributed by atoms with E-state index in [1.165, 1.54) is 19.3 Å². The van der Waals surface area contributed by atoms with Gasteiger partial charge in [-0.05, 0) is 25.7 Å². The van der Waals surface area contributed by atoms with Crippen molar-refractivity contribution in [2.75, 3.05) is 41.3 Å². The van der Waals surface area contributed by atoms with Crippen molar-refractivity contribution in [2.45, 2.75) is 31.8 Å². The van der Waals surface area contributed by atoms with Crippen molar-refractivity contribution >= 4 is 5.96 Å². The first kappa shape index (κ1) is 13.3.